The van der Waals surface area contributed by atoms with Crippen LogP contribution in [-0.2, 0) is 13.5 Å². The molecule has 0 aliphatic carbocycles. The maximum atomic E-state index is 13.9. The Balaban J connectivity index is 2.03. The van der Waals surface area contributed by atoms with Gasteiger partial charge < -0.3 is 10.3 Å². The molecule has 3 heterocycles. The predicted molar refractivity (Wildman–Crippen MR) is 107 cm³/mol. The van der Waals surface area contributed by atoms with E-state index in [1.807, 2.05) is 11.5 Å². The van der Waals surface area contributed by atoms with Crippen molar-refractivity contribution in [2.75, 3.05) is 0 Å². The molecule has 1 aromatic carbocycles. The number of amidine groups is 1. The van der Waals surface area contributed by atoms with Crippen LogP contribution >= 0.6 is 0 Å². The molecule has 0 amide bonds. The highest BCUT2D eigenvalue weighted by Crippen LogP contribution is 2.29. The van der Waals surface area contributed by atoms with Gasteiger partial charge in [0.05, 0.1) is 11.4 Å². The first-order valence-electron chi connectivity index (χ1n) is 8.98. The van der Waals surface area contributed by atoms with Gasteiger partial charge in [0.25, 0.3) is 0 Å². The molecule has 0 spiro atoms. The van der Waals surface area contributed by atoms with E-state index in [1.165, 1.54) is 22.8 Å². The van der Waals surface area contributed by atoms with Gasteiger partial charge in [0.15, 0.2) is 5.84 Å². The van der Waals surface area contributed by atoms with Gasteiger partial charge in [0.2, 0.25) is 5.56 Å². The van der Waals surface area contributed by atoms with Crippen molar-refractivity contribution in [3.05, 3.63) is 81.9 Å². The number of imidazole rings is 1. The van der Waals surface area contributed by atoms with Gasteiger partial charge in [-0.2, -0.15) is 0 Å². The van der Waals surface area contributed by atoms with Crippen molar-refractivity contribution in [2.45, 2.75) is 19.8 Å². The van der Waals surface area contributed by atoms with Gasteiger partial charge in [-0.15, -0.1) is 0 Å². The zero-order chi connectivity index (χ0) is 19.8. The predicted octanol–water partition coefficient (Wildman–Crippen LogP) is 2.93. The molecular formula is C21H20FN5O. The molecule has 0 radical (unpaired) electrons. The number of allylic oxidation sites excluding steroid dienone is 1. The van der Waals surface area contributed by atoms with E-state index in [9.17, 15) is 9.18 Å². The Morgan fingerprint density at radius 2 is 2.00 bits per heavy atom. The highest BCUT2D eigenvalue weighted by molar-refractivity contribution is 5.98. The molecule has 4 rings (SSSR count). The molecule has 6 nitrogen and oxygen atoms in total. The molecule has 142 valence electrons. The number of pyridine rings is 1. The zero-order valence-corrected chi connectivity index (χ0v) is 15.7. The van der Waals surface area contributed by atoms with Crippen LogP contribution < -0.4 is 11.3 Å². The lowest BCUT2D eigenvalue weighted by Crippen LogP contribution is -2.19. The molecule has 0 bridgehead atoms. The second kappa shape index (κ2) is 6.92. The maximum absolute atomic E-state index is 13.9. The number of aryl methyl sites for hydroxylation is 1. The summed E-state index contributed by atoms with van der Waals surface area (Å²) in [7, 11) is 1.69. The lowest BCUT2D eigenvalue weighted by molar-refractivity contribution is 0.628. The van der Waals surface area contributed by atoms with Crippen LogP contribution in [0.15, 0.2) is 64.2 Å². The summed E-state index contributed by atoms with van der Waals surface area (Å²) in [4.78, 5) is 20.9. The average Bonchev–Trinajstić information content (AvgIpc) is 3.05. The topological polar surface area (TPSA) is 78.2 Å². The van der Waals surface area contributed by atoms with E-state index in [4.69, 9.17) is 10.7 Å². The van der Waals surface area contributed by atoms with Gasteiger partial charge in [0.1, 0.15) is 17.3 Å². The summed E-state index contributed by atoms with van der Waals surface area (Å²) in [5, 5.41) is 0. The Morgan fingerprint density at radius 3 is 2.75 bits per heavy atom. The summed E-state index contributed by atoms with van der Waals surface area (Å²) in [6.45, 7) is 2.00. The molecular weight excluding hydrogens is 357 g/mol. The van der Waals surface area contributed by atoms with Crippen molar-refractivity contribution < 1.29 is 4.39 Å². The first-order chi connectivity index (χ1) is 13.4. The molecule has 3 aromatic rings. The summed E-state index contributed by atoms with van der Waals surface area (Å²) < 4.78 is 17.3. The van der Waals surface area contributed by atoms with Gasteiger partial charge in [-0.25, -0.2) is 14.4 Å². The summed E-state index contributed by atoms with van der Waals surface area (Å²) in [5.41, 5.74) is 10.0. The minimum Gasteiger partial charge on any atom is -0.382 e. The number of rotatable bonds is 2. The summed E-state index contributed by atoms with van der Waals surface area (Å²) in [5.74, 6) is 0.523. The minimum atomic E-state index is -0.348. The molecule has 0 saturated carbocycles. The summed E-state index contributed by atoms with van der Waals surface area (Å²) >= 11 is 0. The number of hydrogen-bond acceptors (Lipinski definition) is 4. The third-order valence-corrected chi connectivity index (χ3v) is 4.81. The number of nitrogens with zero attached hydrogens (tertiary/aromatic N) is 4. The lowest BCUT2D eigenvalue weighted by Gasteiger charge is -2.15. The van der Waals surface area contributed by atoms with Gasteiger partial charge in [-0.05, 0) is 38.0 Å². The maximum Gasteiger partial charge on any atom is 0.250 e. The number of benzene rings is 1. The lowest BCUT2D eigenvalue weighted by atomic mass is 10.1. The molecule has 28 heavy (non-hydrogen) atoms. The summed E-state index contributed by atoms with van der Waals surface area (Å²) in [6.07, 6.45) is 4.98. The second-order valence-corrected chi connectivity index (χ2v) is 6.90. The van der Waals surface area contributed by atoms with E-state index in [2.05, 4.69) is 4.99 Å². The van der Waals surface area contributed by atoms with E-state index >= 15 is 0 Å². The van der Waals surface area contributed by atoms with E-state index < -0.39 is 0 Å². The number of aromatic nitrogens is 3. The molecule has 0 fully saturated rings. The standard InChI is InChI=1S/C21H20FN5O/c1-13-6-8-17-19(20(23)24-11-13)25-21(14-4-3-5-15(22)10-14)27(17)16-7-9-18(28)26(2)12-16/h3-5,7,9-12H,6,8H2,1-2H3,(H2,23,24). The fourth-order valence-electron chi connectivity index (χ4n) is 3.32. The number of nitrogens with two attached hydrogens (primary N) is 1. The Bertz CT molecular complexity index is 1190. The molecule has 0 unspecified atom stereocenters. The molecule has 0 saturated heterocycles. The van der Waals surface area contributed by atoms with Crippen LogP contribution in [0.1, 0.15) is 24.7 Å². The van der Waals surface area contributed by atoms with E-state index in [0.29, 0.717) is 29.3 Å². The quantitative estimate of drug-likeness (QED) is 0.746. The number of halogens is 1. The fraction of sp³-hybridized carbons (Fsp3) is 0.190. The first-order valence-corrected chi connectivity index (χ1v) is 8.98. The van der Waals surface area contributed by atoms with Gasteiger partial charge >= 0.3 is 0 Å². The summed E-state index contributed by atoms with van der Waals surface area (Å²) in [6, 6.07) is 9.51. The molecule has 7 heteroatoms. The zero-order valence-electron chi connectivity index (χ0n) is 15.7. The largest absolute Gasteiger partial charge is 0.382 e. The van der Waals surface area contributed by atoms with Gasteiger partial charge in [-0.1, -0.05) is 17.7 Å². The highest BCUT2D eigenvalue weighted by atomic mass is 19.1. The highest BCUT2D eigenvalue weighted by Gasteiger charge is 2.23. The smallest absolute Gasteiger partial charge is 0.250 e. The van der Waals surface area contributed by atoms with Crippen molar-refractivity contribution in [1.82, 2.24) is 14.1 Å². The third-order valence-electron chi connectivity index (χ3n) is 4.81. The number of fused-ring (bicyclic) bond motifs is 1. The number of hydrogen-bond donors (Lipinski definition) is 1. The Morgan fingerprint density at radius 1 is 1.18 bits per heavy atom. The van der Waals surface area contributed by atoms with Crippen LogP contribution in [0.4, 0.5) is 4.39 Å². The molecule has 0 atom stereocenters. The van der Waals surface area contributed by atoms with Crippen molar-refractivity contribution >= 4 is 5.84 Å². The normalized spacial score (nSPS) is 14.0. The Kier molecular flexibility index (Phi) is 4.43. The van der Waals surface area contributed by atoms with E-state index in [1.54, 1.807) is 37.6 Å². The van der Waals surface area contributed by atoms with Crippen molar-refractivity contribution in [3.63, 3.8) is 0 Å². The minimum absolute atomic E-state index is 0.112. The van der Waals surface area contributed by atoms with Crippen LogP contribution in [0.5, 0.6) is 0 Å². The SMILES string of the molecule is CC1=CN=C(N)c2nc(-c3cccc(F)c3)n(-c3ccc(=O)n(C)c3)c2CC1. The van der Waals surface area contributed by atoms with Crippen molar-refractivity contribution in [2.24, 2.45) is 17.8 Å². The van der Waals surface area contributed by atoms with E-state index in [-0.39, 0.29) is 11.4 Å². The van der Waals surface area contributed by atoms with Crippen LogP contribution in [-0.4, -0.2) is 20.0 Å². The van der Waals surface area contributed by atoms with Crippen molar-refractivity contribution in [1.29, 1.82) is 0 Å². The second-order valence-electron chi connectivity index (χ2n) is 6.90. The van der Waals surface area contributed by atoms with Gasteiger partial charge in [-0.3, -0.25) is 9.36 Å². The first kappa shape index (κ1) is 17.9. The molecule has 2 aromatic heterocycles. The van der Waals surface area contributed by atoms with E-state index in [0.717, 1.165) is 23.4 Å². The number of aliphatic imine (C=N–C) groups is 1. The van der Waals surface area contributed by atoms with Crippen LogP contribution in [0.2, 0.25) is 0 Å². The monoisotopic (exact) mass is 377 g/mol. The van der Waals surface area contributed by atoms with Crippen LogP contribution in [0, 0.1) is 5.82 Å². The fourth-order valence-corrected chi connectivity index (χ4v) is 3.32. The molecule has 1 aliphatic rings. The molecule has 2 N–H and O–H groups in total. The van der Waals surface area contributed by atoms with Gasteiger partial charge in [0, 0.05) is 31.1 Å². The molecule has 1 aliphatic heterocycles. The van der Waals surface area contributed by atoms with Crippen LogP contribution in [0.3, 0.4) is 0 Å². The van der Waals surface area contributed by atoms with Crippen molar-refractivity contribution in [3.8, 4) is 17.1 Å². The van der Waals surface area contributed by atoms with Crippen LogP contribution in [0.25, 0.3) is 17.1 Å². The average molecular weight is 377 g/mol. The third kappa shape index (κ3) is 3.15. The Labute approximate surface area is 161 Å². The Hall–Kier alpha value is -3.48.